The fourth-order valence-electron chi connectivity index (χ4n) is 1.54. The number of amides is 1. The molecule has 2 N–H and O–H groups in total. The lowest BCUT2D eigenvalue weighted by Gasteiger charge is -2.21. The minimum atomic E-state index is -0.522. The van der Waals surface area contributed by atoms with Gasteiger partial charge in [-0.3, -0.25) is 4.79 Å². The smallest absolute Gasteiger partial charge is 0.224 e. The van der Waals surface area contributed by atoms with Crippen LogP contribution in [0.3, 0.4) is 0 Å². The number of carbonyl (C=O) groups is 1. The van der Waals surface area contributed by atoms with Gasteiger partial charge in [0, 0.05) is 6.54 Å². The Hall–Kier alpha value is -1.55. The highest BCUT2D eigenvalue weighted by Gasteiger charge is 2.11. The fourth-order valence-corrected chi connectivity index (χ4v) is 1.54. The molecule has 4 nitrogen and oxygen atoms in total. The van der Waals surface area contributed by atoms with Crippen molar-refractivity contribution in [3.8, 4) is 5.75 Å². The topological polar surface area (TPSA) is 58.6 Å². The van der Waals surface area contributed by atoms with Crippen LogP contribution < -0.4 is 10.1 Å². The Morgan fingerprint density at radius 1 is 1.32 bits per heavy atom. The van der Waals surface area contributed by atoms with Crippen molar-refractivity contribution in [3.63, 3.8) is 0 Å². The highest BCUT2D eigenvalue weighted by molar-refractivity contribution is 5.78. The highest BCUT2D eigenvalue weighted by atomic mass is 16.5. The number of carbonyl (C=O) groups excluding carboxylic acids is 1. The first kappa shape index (κ1) is 15.5. The van der Waals surface area contributed by atoms with Gasteiger partial charge < -0.3 is 15.2 Å². The largest absolute Gasteiger partial charge is 0.488 e. The molecule has 0 bridgehead atoms. The van der Waals surface area contributed by atoms with E-state index in [1.54, 1.807) is 6.92 Å². The summed E-state index contributed by atoms with van der Waals surface area (Å²) in [5.41, 5.74) is 0.695. The molecular weight excluding hydrogens is 242 g/mol. The van der Waals surface area contributed by atoms with Gasteiger partial charge in [0.2, 0.25) is 5.91 Å². The third kappa shape index (κ3) is 6.82. The molecular formula is C15H23NO3. The van der Waals surface area contributed by atoms with E-state index in [9.17, 15) is 4.79 Å². The van der Waals surface area contributed by atoms with Crippen LogP contribution in [0.2, 0.25) is 0 Å². The molecule has 1 amide bonds. The number of hydrogen-bond donors (Lipinski definition) is 2. The van der Waals surface area contributed by atoms with Gasteiger partial charge in [0.25, 0.3) is 0 Å². The van der Waals surface area contributed by atoms with Crippen molar-refractivity contribution in [2.24, 2.45) is 0 Å². The normalized spacial score (nSPS) is 12.9. The maximum atomic E-state index is 11.6. The fraction of sp³-hybridized carbons (Fsp3) is 0.533. The second-order valence-corrected chi connectivity index (χ2v) is 5.69. The molecule has 19 heavy (non-hydrogen) atoms. The van der Waals surface area contributed by atoms with E-state index in [-0.39, 0.29) is 18.1 Å². The summed E-state index contributed by atoms with van der Waals surface area (Å²) < 4.78 is 5.71. The zero-order valence-electron chi connectivity index (χ0n) is 12.1. The van der Waals surface area contributed by atoms with E-state index >= 15 is 0 Å². The Morgan fingerprint density at radius 3 is 2.37 bits per heavy atom. The zero-order chi connectivity index (χ0) is 14.5. The van der Waals surface area contributed by atoms with E-state index in [4.69, 9.17) is 9.84 Å². The summed E-state index contributed by atoms with van der Waals surface area (Å²) in [6.07, 6.45) is -0.214. The number of aliphatic hydroxyl groups excluding tert-OH is 1. The first-order valence-electron chi connectivity index (χ1n) is 6.49. The van der Waals surface area contributed by atoms with Gasteiger partial charge >= 0.3 is 0 Å². The third-order valence-electron chi connectivity index (χ3n) is 2.31. The minimum Gasteiger partial charge on any atom is -0.488 e. The lowest BCUT2D eigenvalue weighted by Crippen LogP contribution is -2.31. The molecule has 0 aromatic heterocycles. The van der Waals surface area contributed by atoms with Crippen LogP contribution in [0.1, 0.15) is 33.3 Å². The van der Waals surface area contributed by atoms with Crippen molar-refractivity contribution in [2.75, 3.05) is 6.54 Å². The van der Waals surface area contributed by atoms with Gasteiger partial charge in [-0.05, 0) is 45.4 Å². The van der Waals surface area contributed by atoms with Crippen molar-refractivity contribution in [1.29, 1.82) is 0 Å². The van der Waals surface area contributed by atoms with E-state index in [1.165, 1.54) is 0 Å². The van der Waals surface area contributed by atoms with Gasteiger partial charge in [-0.2, -0.15) is 0 Å². The molecule has 0 spiro atoms. The van der Waals surface area contributed by atoms with E-state index in [0.29, 0.717) is 6.42 Å². The maximum absolute atomic E-state index is 11.6. The summed E-state index contributed by atoms with van der Waals surface area (Å²) in [4.78, 5) is 11.6. The van der Waals surface area contributed by atoms with Crippen LogP contribution in [0.5, 0.6) is 5.75 Å². The number of hydrogen-bond acceptors (Lipinski definition) is 3. The molecule has 1 atom stereocenters. The molecule has 0 heterocycles. The molecule has 0 aliphatic carbocycles. The summed E-state index contributed by atoms with van der Waals surface area (Å²) in [6, 6.07) is 7.48. The van der Waals surface area contributed by atoms with E-state index in [2.05, 4.69) is 5.32 Å². The number of rotatable bonds is 5. The third-order valence-corrected chi connectivity index (χ3v) is 2.31. The average Bonchev–Trinajstić information content (AvgIpc) is 2.27. The van der Waals surface area contributed by atoms with Crippen molar-refractivity contribution < 1.29 is 14.6 Å². The van der Waals surface area contributed by atoms with Gasteiger partial charge in [-0.25, -0.2) is 0 Å². The second-order valence-electron chi connectivity index (χ2n) is 5.69. The van der Waals surface area contributed by atoms with E-state index < -0.39 is 6.10 Å². The minimum absolute atomic E-state index is 0.0922. The predicted molar refractivity (Wildman–Crippen MR) is 75.2 cm³/mol. The van der Waals surface area contributed by atoms with E-state index in [0.717, 1.165) is 11.3 Å². The van der Waals surface area contributed by atoms with Crippen LogP contribution in [-0.4, -0.2) is 29.3 Å². The van der Waals surface area contributed by atoms with Crippen LogP contribution in [0.25, 0.3) is 0 Å². The standard InChI is InChI=1S/C15H23NO3/c1-11(17)10-16-14(18)9-12-5-7-13(8-6-12)19-15(2,3)4/h5-8,11,17H,9-10H2,1-4H3,(H,16,18). The Balaban J connectivity index is 2.50. The van der Waals surface area contributed by atoms with Gasteiger partial charge in [-0.1, -0.05) is 12.1 Å². The molecule has 1 aromatic carbocycles. The lowest BCUT2D eigenvalue weighted by atomic mass is 10.1. The number of ether oxygens (including phenoxy) is 1. The molecule has 106 valence electrons. The summed E-state index contributed by atoms with van der Waals surface area (Å²) >= 11 is 0. The summed E-state index contributed by atoms with van der Waals surface area (Å²) in [6.45, 7) is 7.89. The molecule has 1 aromatic rings. The molecule has 0 saturated carbocycles. The summed E-state index contributed by atoms with van der Waals surface area (Å²) in [5, 5.41) is 11.7. The molecule has 0 radical (unpaired) electrons. The Bertz CT molecular complexity index is 404. The highest BCUT2D eigenvalue weighted by Crippen LogP contribution is 2.18. The Morgan fingerprint density at radius 2 is 1.89 bits per heavy atom. The lowest BCUT2D eigenvalue weighted by molar-refractivity contribution is -0.120. The van der Waals surface area contributed by atoms with E-state index in [1.807, 2.05) is 45.0 Å². The predicted octanol–water partition coefficient (Wildman–Crippen LogP) is 1.90. The van der Waals surface area contributed by atoms with Crippen molar-refractivity contribution in [1.82, 2.24) is 5.32 Å². The molecule has 4 heteroatoms. The zero-order valence-corrected chi connectivity index (χ0v) is 12.1. The van der Waals surface area contributed by atoms with Crippen molar-refractivity contribution in [2.45, 2.75) is 45.8 Å². The number of nitrogens with one attached hydrogen (secondary N) is 1. The van der Waals surface area contributed by atoms with Crippen LogP contribution in [0, 0.1) is 0 Å². The van der Waals surface area contributed by atoms with Crippen LogP contribution in [-0.2, 0) is 11.2 Å². The summed E-state index contributed by atoms with van der Waals surface area (Å²) in [7, 11) is 0. The Labute approximate surface area is 114 Å². The molecule has 0 fully saturated rings. The van der Waals surface area contributed by atoms with Gasteiger partial charge in [-0.15, -0.1) is 0 Å². The molecule has 1 rings (SSSR count). The number of aliphatic hydroxyl groups is 1. The first-order chi connectivity index (χ1) is 8.76. The van der Waals surface area contributed by atoms with Crippen LogP contribution >= 0.6 is 0 Å². The molecule has 0 aliphatic heterocycles. The molecule has 0 aliphatic rings. The quantitative estimate of drug-likeness (QED) is 0.855. The monoisotopic (exact) mass is 265 g/mol. The van der Waals surface area contributed by atoms with Gasteiger partial charge in [0.15, 0.2) is 0 Å². The second kappa shape index (κ2) is 6.57. The van der Waals surface area contributed by atoms with Gasteiger partial charge in [0.05, 0.1) is 12.5 Å². The SMILES string of the molecule is CC(O)CNC(=O)Cc1ccc(OC(C)(C)C)cc1. The van der Waals surface area contributed by atoms with Crippen LogP contribution in [0.4, 0.5) is 0 Å². The van der Waals surface area contributed by atoms with Crippen molar-refractivity contribution >= 4 is 5.91 Å². The van der Waals surface area contributed by atoms with Crippen LogP contribution in [0.15, 0.2) is 24.3 Å². The Kier molecular flexibility index (Phi) is 5.36. The molecule has 0 saturated heterocycles. The summed E-state index contributed by atoms with van der Waals surface area (Å²) in [5.74, 6) is 0.700. The van der Waals surface area contributed by atoms with Gasteiger partial charge in [0.1, 0.15) is 11.4 Å². The number of benzene rings is 1. The van der Waals surface area contributed by atoms with Crippen molar-refractivity contribution in [3.05, 3.63) is 29.8 Å². The molecule has 1 unspecified atom stereocenters. The average molecular weight is 265 g/mol. The maximum Gasteiger partial charge on any atom is 0.224 e. The first-order valence-corrected chi connectivity index (χ1v) is 6.49.